The fourth-order valence-electron chi connectivity index (χ4n) is 1.35. The molecule has 1 aromatic rings. The Kier molecular flexibility index (Phi) is 4.95. The monoisotopic (exact) mass is 232 g/mol. The van der Waals surface area contributed by atoms with Gasteiger partial charge in [-0.05, 0) is 19.1 Å². The number of carbonyl (C=O) groups is 1. The van der Waals surface area contributed by atoms with Crippen molar-refractivity contribution in [1.82, 2.24) is 9.88 Å². The van der Waals surface area contributed by atoms with E-state index in [-0.39, 0.29) is 5.91 Å². The maximum Gasteiger partial charge on any atom is 0.272 e. The number of carbonyl (C=O) groups excluding carboxylic acids is 1. The molecule has 0 bridgehead atoms. The Labute approximate surface area is 101 Å². The van der Waals surface area contributed by atoms with Crippen LogP contribution in [-0.4, -0.2) is 35.9 Å². The third-order valence-corrected chi connectivity index (χ3v) is 2.23. The first kappa shape index (κ1) is 13.0. The summed E-state index contributed by atoms with van der Waals surface area (Å²) in [5.74, 6) is 0.520. The molecule has 1 rings (SSSR count). The molecule has 0 atom stereocenters. The van der Waals surface area contributed by atoms with Crippen LogP contribution in [0.5, 0.6) is 0 Å². The van der Waals surface area contributed by atoms with Gasteiger partial charge >= 0.3 is 0 Å². The lowest BCUT2D eigenvalue weighted by Crippen LogP contribution is -2.28. The molecule has 0 fully saturated rings. The van der Waals surface area contributed by atoms with Crippen LogP contribution in [0.4, 0.5) is 5.82 Å². The average molecular weight is 232 g/mol. The number of nitriles is 1. The number of aromatic nitrogens is 1. The van der Waals surface area contributed by atoms with Gasteiger partial charge in [-0.25, -0.2) is 4.98 Å². The van der Waals surface area contributed by atoms with Gasteiger partial charge in [-0.1, -0.05) is 6.07 Å². The zero-order valence-electron chi connectivity index (χ0n) is 10.1. The van der Waals surface area contributed by atoms with Crippen LogP contribution >= 0.6 is 0 Å². The Bertz CT molecular complexity index is 425. The molecule has 1 aromatic heterocycles. The van der Waals surface area contributed by atoms with Gasteiger partial charge in [0.15, 0.2) is 0 Å². The van der Waals surface area contributed by atoms with Gasteiger partial charge in [0.1, 0.15) is 11.5 Å². The summed E-state index contributed by atoms with van der Waals surface area (Å²) in [5.41, 5.74) is 0.392. The molecule has 90 valence electrons. The lowest BCUT2D eigenvalue weighted by Gasteiger charge is -2.15. The van der Waals surface area contributed by atoms with E-state index < -0.39 is 0 Å². The van der Waals surface area contributed by atoms with E-state index in [1.54, 1.807) is 19.2 Å². The van der Waals surface area contributed by atoms with E-state index in [4.69, 9.17) is 5.26 Å². The van der Waals surface area contributed by atoms with Gasteiger partial charge in [0, 0.05) is 20.1 Å². The summed E-state index contributed by atoms with van der Waals surface area (Å²) in [7, 11) is 1.67. The number of pyridine rings is 1. The highest BCUT2D eigenvalue weighted by atomic mass is 16.2. The van der Waals surface area contributed by atoms with Crippen LogP contribution in [0.15, 0.2) is 18.2 Å². The quantitative estimate of drug-likeness (QED) is 0.835. The first-order valence-electron chi connectivity index (χ1n) is 5.52. The van der Waals surface area contributed by atoms with Crippen molar-refractivity contribution in [2.24, 2.45) is 0 Å². The smallest absolute Gasteiger partial charge is 0.272 e. The molecular formula is C12H16N4O. The van der Waals surface area contributed by atoms with Gasteiger partial charge < -0.3 is 10.2 Å². The SMILES string of the molecule is CCNc1cccc(C(=O)N(C)CCC#N)n1. The van der Waals surface area contributed by atoms with Crippen LogP contribution in [0.1, 0.15) is 23.8 Å². The Morgan fingerprint density at radius 1 is 1.59 bits per heavy atom. The van der Waals surface area contributed by atoms with Crippen molar-refractivity contribution in [2.75, 3.05) is 25.5 Å². The van der Waals surface area contributed by atoms with Gasteiger partial charge in [-0.2, -0.15) is 5.26 Å². The zero-order valence-corrected chi connectivity index (χ0v) is 10.1. The topological polar surface area (TPSA) is 69.0 Å². The highest BCUT2D eigenvalue weighted by Gasteiger charge is 2.12. The predicted octanol–water partition coefficient (Wildman–Crippen LogP) is 1.50. The Morgan fingerprint density at radius 2 is 2.35 bits per heavy atom. The van der Waals surface area contributed by atoms with Crippen LogP contribution in [0.3, 0.4) is 0 Å². The minimum absolute atomic E-state index is 0.167. The summed E-state index contributed by atoms with van der Waals surface area (Å²) in [6, 6.07) is 7.29. The van der Waals surface area contributed by atoms with Crippen LogP contribution in [0, 0.1) is 11.3 Å². The number of rotatable bonds is 5. The number of hydrogen-bond acceptors (Lipinski definition) is 4. The maximum absolute atomic E-state index is 11.9. The minimum atomic E-state index is -0.167. The first-order valence-corrected chi connectivity index (χ1v) is 5.52. The molecule has 0 unspecified atom stereocenters. The molecule has 0 saturated heterocycles. The van der Waals surface area contributed by atoms with E-state index in [1.807, 2.05) is 19.1 Å². The molecule has 5 heteroatoms. The summed E-state index contributed by atoms with van der Waals surface area (Å²) in [4.78, 5) is 17.6. The predicted molar refractivity (Wildman–Crippen MR) is 65.6 cm³/mol. The van der Waals surface area contributed by atoms with Crippen molar-refractivity contribution in [1.29, 1.82) is 5.26 Å². The number of nitrogens with zero attached hydrogens (tertiary/aromatic N) is 3. The molecule has 0 aromatic carbocycles. The van der Waals surface area contributed by atoms with Crippen molar-refractivity contribution in [3.8, 4) is 6.07 Å². The molecule has 0 spiro atoms. The summed E-state index contributed by atoms with van der Waals surface area (Å²) >= 11 is 0. The molecular weight excluding hydrogens is 216 g/mol. The van der Waals surface area contributed by atoms with Crippen molar-refractivity contribution >= 4 is 11.7 Å². The van der Waals surface area contributed by atoms with Crippen LogP contribution in [0.2, 0.25) is 0 Å². The fraction of sp³-hybridized carbons (Fsp3) is 0.417. The maximum atomic E-state index is 11.9. The summed E-state index contributed by atoms with van der Waals surface area (Å²) in [5, 5.41) is 11.5. The molecule has 0 radical (unpaired) electrons. The van der Waals surface area contributed by atoms with Gasteiger partial charge in [0.2, 0.25) is 0 Å². The van der Waals surface area contributed by atoms with Crippen LogP contribution in [-0.2, 0) is 0 Å². The zero-order chi connectivity index (χ0) is 12.7. The highest BCUT2D eigenvalue weighted by molar-refractivity contribution is 5.92. The van der Waals surface area contributed by atoms with Crippen molar-refractivity contribution in [2.45, 2.75) is 13.3 Å². The Morgan fingerprint density at radius 3 is 3.00 bits per heavy atom. The number of anilines is 1. The lowest BCUT2D eigenvalue weighted by molar-refractivity contribution is 0.0792. The number of nitrogens with one attached hydrogen (secondary N) is 1. The van der Waals surface area contributed by atoms with Crippen molar-refractivity contribution < 1.29 is 4.79 Å². The lowest BCUT2D eigenvalue weighted by atomic mass is 10.3. The van der Waals surface area contributed by atoms with E-state index in [9.17, 15) is 4.79 Å². The third-order valence-electron chi connectivity index (χ3n) is 2.23. The van der Waals surface area contributed by atoms with Crippen LogP contribution < -0.4 is 5.32 Å². The van der Waals surface area contributed by atoms with E-state index in [0.29, 0.717) is 24.5 Å². The van der Waals surface area contributed by atoms with E-state index in [1.165, 1.54) is 4.90 Å². The van der Waals surface area contributed by atoms with Crippen molar-refractivity contribution in [3.05, 3.63) is 23.9 Å². The fourth-order valence-corrected chi connectivity index (χ4v) is 1.35. The average Bonchev–Trinajstić information content (AvgIpc) is 2.35. The Balaban J connectivity index is 2.74. The minimum Gasteiger partial charge on any atom is -0.370 e. The summed E-state index contributed by atoms with van der Waals surface area (Å²) in [6.07, 6.45) is 0.329. The molecule has 1 N–H and O–H groups in total. The second-order valence-electron chi connectivity index (χ2n) is 3.57. The second kappa shape index (κ2) is 6.48. The number of hydrogen-bond donors (Lipinski definition) is 1. The van der Waals surface area contributed by atoms with E-state index in [2.05, 4.69) is 10.3 Å². The van der Waals surface area contributed by atoms with Gasteiger partial charge in [0.05, 0.1) is 12.5 Å². The van der Waals surface area contributed by atoms with E-state index >= 15 is 0 Å². The molecule has 0 saturated carbocycles. The molecule has 17 heavy (non-hydrogen) atoms. The third kappa shape index (κ3) is 3.76. The standard InChI is InChI=1S/C12H16N4O/c1-3-14-11-7-4-6-10(15-11)12(17)16(2)9-5-8-13/h4,6-7H,3,5,9H2,1-2H3,(H,14,15). The summed E-state index contributed by atoms with van der Waals surface area (Å²) < 4.78 is 0. The molecule has 0 aliphatic heterocycles. The molecule has 5 nitrogen and oxygen atoms in total. The second-order valence-corrected chi connectivity index (χ2v) is 3.57. The molecule has 0 aliphatic rings. The molecule has 1 heterocycles. The molecule has 1 amide bonds. The normalized spacial score (nSPS) is 9.47. The van der Waals surface area contributed by atoms with Gasteiger partial charge in [-0.3, -0.25) is 4.79 Å². The number of amides is 1. The van der Waals surface area contributed by atoms with Gasteiger partial charge in [-0.15, -0.1) is 0 Å². The van der Waals surface area contributed by atoms with E-state index in [0.717, 1.165) is 6.54 Å². The van der Waals surface area contributed by atoms with Gasteiger partial charge in [0.25, 0.3) is 5.91 Å². The van der Waals surface area contributed by atoms with Crippen LogP contribution in [0.25, 0.3) is 0 Å². The summed E-state index contributed by atoms with van der Waals surface area (Å²) in [6.45, 7) is 3.15. The Hall–Kier alpha value is -2.09. The highest BCUT2D eigenvalue weighted by Crippen LogP contribution is 2.06. The van der Waals surface area contributed by atoms with Crippen molar-refractivity contribution in [3.63, 3.8) is 0 Å². The molecule has 0 aliphatic carbocycles. The first-order chi connectivity index (χ1) is 8.19. The largest absolute Gasteiger partial charge is 0.370 e.